The van der Waals surface area contributed by atoms with Crippen LogP contribution in [0.15, 0.2) is 4.99 Å². The van der Waals surface area contributed by atoms with Gasteiger partial charge in [0, 0.05) is 38.1 Å². The van der Waals surface area contributed by atoms with E-state index in [4.69, 9.17) is 4.99 Å². The number of carbonyl (C=O) groups is 1. The number of amides is 1. The van der Waals surface area contributed by atoms with Crippen molar-refractivity contribution in [2.24, 2.45) is 4.99 Å². The summed E-state index contributed by atoms with van der Waals surface area (Å²) in [5.74, 6) is 1.15. The summed E-state index contributed by atoms with van der Waals surface area (Å²) < 4.78 is 0. The summed E-state index contributed by atoms with van der Waals surface area (Å²) in [4.78, 5) is 22.0. The highest BCUT2D eigenvalue weighted by Crippen LogP contribution is 2.35. The predicted octanol–water partition coefficient (Wildman–Crippen LogP) is 2.74. The lowest BCUT2D eigenvalue weighted by Crippen LogP contribution is -2.54. The van der Waals surface area contributed by atoms with Crippen LogP contribution in [-0.2, 0) is 4.79 Å². The summed E-state index contributed by atoms with van der Waals surface area (Å²) in [6, 6.07) is 0. The van der Waals surface area contributed by atoms with Crippen molar-refractivity contribution in [3.8, 4) is 0 Å². The van der Waals surface area contributed by atoms with E-state index in [2.05, 4.69) is 22.5 Å². The van der Waals surface area contributed by atoms with Crippen LogP contribution in [0, 0.1) is 0 Å². The molecule has 3 rings (SSSR count). The minimum atomic E-state index is 0.256. The molecule has 160 valence electrons. The first kappa shape index (κ1) is 21.4. The van der Waals surface area contributed by atoms with Crippen LogP contribution < -0.4 is 10.6 Å². The van der Waals surface area contributed by atoms with E-state index >= 15 is 0 Å². The van der Waals surface area contributed by atoms with E-state index in [0.717, 1.165) is 45.0 Å². The van der Waals surface area contributed by atoms with Gasteiger partial charge in [0.2, 0.25) is 5.91 Å². The van der Waals surface area contributed by atoms with Gasteiger partial charge in [0.05, 0.1) is 6.54 Å². The number of piperidine rings is 1. The summed E-state index contributed by atoms with van der Waals surface area (Å²) in [6.07, 6.45) is 13.5. The van der Waals surface area contributed by atoms with Crippen LogP contribution in [-0.4, -0.2) is 73.0 Å². The number of nitrogens with zero attached hydrogens (tertiary/aromatic N) is 3. The molecule has 2 N–H and O–H groups in total. The molecule has 0 bridgehead atoms. The first-order valence-electron chi connectivity index (χ1n) is 11.8. The zero-order chi connectivity index (χ0) is 19.7. The Morgan fingerprint density at radius 3 is 2.21 bits per heavy atom. The van der Waals surface area contributed by atoms with Crippen LogP contribution in [0.5, 0.6) is 0 Å². The zero-order valence-corrected chi connectivity index (χ0v) is 18.0. The SMILES string of the molecule is CCNC(=NCC1(N2CCCCC2)CCCCC1)NCCC(=O)N1CCCC1. The maximum Gasteiger partial charge on any atom is 0.224 e. The number of rotatable bonds is 7. The highest BCUT2D eigenvalue weighted by Gasteiger charge is 2.38. The van der Waals surface area contributed by atoms with Crippen LogP contribution >= 0.6 is 0 Å². The summed E-state index contributed by atoms with van der Waals surface area (Å²) in [5, 5.41) is 6.79. The third-order valence-electron chi connectivity index (χ3n) is 6.78. The normalized spacial score (nSPS) is 23.6. The van der Waals surface area contributed by atoms with Crippen molar-refractivity contribution in [1.29, 1.82) is 0 Å². The van der Waals surface area contributed by atoms with E-state index in [9.17, 15) is 4.79 Å². The molecule has 6 nitrogen and oxygen atoms in total. The summed E-state index contributed by atoms with van der Waals surface area (Å²) in [6.45, 7) is 8.85. The van der Waals surface area contributed by atoms with Crippen molar-refractivity contribution >= 4 is 11.9 Å². The number of hydrogen-bond donors (Lipinski definition) is 2. The second-order valence-electron chi connectivity index (χ2n) is 8.79. The van der Waals surface area contributed by atoms with E-state index in [0.29, 0.717) is 13.0 Å². The molecule has 28 heavy (non-hydrogen) atoms. The van der Waals surface area contributed by atoms with Crippen molar-refractivity contribution in [2.45, 2.75) is 83.1 Å². The molecular weight excluding hydrogens is 350 g/mol. The van der Waals surface area contributed by atoms with E-state index < -0.39 is 0 Å². The topological polar surface area (TPSA) is 60.0 Å². The van der Waals surface area contributed by atoms with E-state index in [-0.39, 0.29) is 11.4 Å². The molecule has 6 heteroatoms. The quantitative estimate of drug-likeness (QED) is 0.517. The molecule has 3 fully saturated rings. The molecule has 3 aliphatic rings. The maximum absolute atomic E-state index is 12.3. The van der Waals surface area contributed by atoms with Crippen LogP contribution in [0.1, 0.15) is 77.6 Å². The molecule has 2 aliphatic heterocycles. The van der Waals surface area contributed by atoms with Gasteiger partial charge in [-0.1, -0.05) is 25.7 Å². The standard InChI is InChI=1S/C22H41N5O/c1-2-23-21(24-14-11-20(28)26-15-9-10-16-26)25-19-22(12-5-3-6-13-22)27-17-7-4-8-18-27/h2-19H2,1H3,(H2,23,24,25). The third kappa shape index (κ3) is 5.85. The maximum atomic E-state index is 12.3. The second-order valence-corrected chi connectivity index (χ2v) is 8.79. The molecule has 2 heterocycles. The first-order valence-corrected chi connectivity index (χ1v) is 11.8. The molecule has 1 saturated carbocycles. The average molecular weight is 392 g/mol. The number of nitrogens with one attached hydrogen (secondary N) is 2. The summed E-state index contributed by atoms with van der Waals surface area (Å²) in [5.41, 5.74) is 0.256. The van der Waals surface area contributed by atoms with Gasteiger partial charge in [-0.05, 0) is 58.5 Å². The summed E-state index contributed by atoms with van der Waals surface area (Å²) in [7, 11) is 0. The fraction of sp³-hybridized carbons (Fsp3) is 0.909. The lowest BCUT2D eigenvalue weighted by Gasteiger charge is -2.47. The Hall–Kier alpha value is -1.30. The molecule has 0 aromatic heterocycles. The minimum Gasteiger partial charge on any atom is -0.357 e. The van der Waals surface area contributed by atoms with Crippen LogP contribution in [0.4, 0.5) is 0 Å². The van der Waals surface area contributed by atoms with Crippen LogP contribution in [0.25, 0.3) is 0 Å². The molecule has 2 saturated heterocycles. The lowest BCUT2D eigenvalue weighted by atomic mass is 9.79. The van der Waals surface area contributed by atoms with Gasteiger partial charge in [0.1, 0.15) is 0 Å². The van der Waals surface area contributed by atoms with E-state index in [1.54, 1.807) is 0 Å². The monoisotopic (exact) mass is 391 g/mol. The van der Waals surface area contributed by atoms with E-state index in [1.165, 1.54) is 64.5 Å². The lowest BCUT2D eigenvalue weighted by molar-refractivity contribution is -0.129. The molecular formula is C22H41N5O. The zero-order valence-electron chi connectivity index (χ0n) is 18.0. The Kier molecular flexibility index (Phi) is 8.44. The van der Waals surface area contributed by atoms with Crippen LogP contribution in [0.2, 0.25) is 0 Å². The van der Waals surface area contributed by atoms with Gasteiger partial charge in [-0.2, -0.15) is 0 Å². The smallest absolute Gasteiger partial charge is 0.224 e. The minimum absolute atomic E-state index is 0.256. The molecule has 0 aromatic carbocycles. The Morgan fingerprint density at radius 1 is 0.893 bits per heavy atom. The molecule has 0 unspecified atom stereocenters. The van der Waals surface area contributed by atoms with Crippen molar-refractivity contribution in [1.82, 2.24) is 20.4 Å². The van der Waals surface area contributed by atoms with Gasteiger partial charge < -0.3 is 15.5 Å². The fourth-order valence-electron chi connectivity index (χ4n) is 5.13. The largest absolute Gasteiger partial charge is 0.357 e. The van der Waals surface area contributed by atoms with Gasteiger partial charge in [0.25, 0.3) is 0 Å². The Labute approximate surface area is 171 Å². The van der Waals surface area contributed by atoms with Gasteiger partial charge in [-0.25, -0.2) is 0 Å². The van der Waals surface area contributed by atoms with E-state index in [1.807, 2.05) is 4.90 Å². The van der Waals surface area contributed by atoms with Gasteiger partial charge in [-0.15, -0.1) is 0 Å². The predicted molar refractivity (Wildman–Crippen MR) is 116 cm³/mol. The van der Waals surface area contributed by atoms with Gasteiger partial charge in [0.15, 0.2) is 5.96 Å². The Morgan fingerprint density at radius 2 is 1.54 bits per heavy atom. The first-order chi connectivity index (χ1) is 13.7. The average Bonchev–Trinajstić information content (AvgIpc) is 3.28. The summed E-state index contributed by atoms with van der Waals surface area (Å²) >= 11 is 0. The van der Waals surface area contributed by atoms with Crippen molar-refractivity contribution in [2.75, 3.05) is 45.8 Å². The molecule has 0 radical (unpaired) electrons. The molecule has 0 spiro atoms. The van der Waals surface area contributed by atoms with Crippen molar-refractivity contribution in [3.63, 3.8) is 0 Å². The Bertz CT molecular complexity index is 503. The fourth-order valence-corrected chi connectivity index (χ4v) is 5.13. The molecule has 1 aliphatic carbocycles. The molecule has 1 amide bonds. The highest BCUT2D eigenvalue weighted by molar-refractivity contribution is 5.81. The Balaban J connectivity index is 1.55. The number of carbonyl (C=O) groups excluding carboxylic acids is 1. The number of hydrogen-bond acceptors (Lipinski definition) is 3. The number of likely N-dealkylation sites (tertiary alicyclic amines) is 2. The highest BCUT2D eigenvalue weighted by atomic mass is 16.2. The third-order valence-corrected chi connectivity index (χ3v) is 6.78. The van der Waals surface area contributed by atoms with Crippen molar-refractivity contribution in [3.05, 3.63) is 0 Å². The van der Waals surface area contributed by atoms with Crippen molar-refractivity contribution < 1.29 is 4.79 Å². The van der Waals surface area contributed by atoms with Gasteiger partial charge >= 0.3 is 0 Å². The van der Waals surface area contributed by atoms with Crippen LogP contribution in [0.3, 0.4) is 0 Å². The van der Waals surface area contributed by atoms with Gasteiger partial charge in [-0.3, -0.25) is 14.7 Å². The number of guanidine groups is 1. The second kappa shape index (κ2) is 11.0. The molecule has 0 aromatic rings. The number of aliphatic imine (C=N–C) groups is 1. The molecule has 0 atom stereocenters.